The first-order valence-electron chi connectivity index (χ1n) is 7.85. The lowest BCUT2D eigenvalue weighted by atomic mass is 10.1. The molecule has 1 N–H and O–H groups in total. The van der Waals surface area contributed by atoms with Crippen LogP contribution in [0.25, 0.3) is 0 Å². The lowest BCUT2D eigenvalue weighted by Gasteiger charge is -2.20. The van der Waals surface area contributed by atoms with Gasteiger partial charge in [0.2, 0.25) is 0 Å². The van der Waals surface area contributed by atoms with Crippen LogP contribution in [0.3, 0.4) is 0 Å². The van der Waals surface area contributed by atoms with E-state index in [0.717, 1.165) is 24.3 Å². The molecule has 2 rings (SSSR count). The van der Waals surface area contributed by atoms with Gasteiger partial charge in [0.25, 0.3) is 0 Å². The van der Waals surface area contributed by atoms with Gasteiger partial charge in [-0.2, -0.15) is 0 Å². The van der Waals surface area contributed by atoms with Crippen molar-refractivity contribution in [1.82, 2.24) is 4.90 Å². The van der Waals surface area contributed by atoms with E-state index in [4.69, 9.17) is 9.47 Å². The van der Waals surface area contributed by atoms with Crippen molar-refractivity contribution >= 4 is 5.97 Å². The van der Waals surface area contributed by atoms with Gasteiger partial charge in [-0.3, -0.25) is 9.69 Å². The van der Waals surface area contributed by atoms with Crippen LogP contribution in [0.5, 0.6) is 5.75 Å². The van der Waals surface area contributed by atoms with E-state index in [0.29, 0.717) is 19.7 Å². The number of rotatable bonds is 7. The molecular formula is C17H25NO4. The maximum absolute atomic E-state index is 11.7. The fourth-order valence-corrected chi connectivity index (χ4v) is 2.70. The number of likely N-dealkylation sites (tertiary alicyclic amines) is 1. The van der Waals surface area contributed by atoms with Crippen LogP contribution in [-0.4, -0.2) is 54.9 Å². The number of ether oxygens (including phenoxy) is 2. The molecule has 122 valence electrons. The van der Waals surface area contributed by atoms with Crippen molar-refractivity contribution in [3.05, 3.63) is 29.8 Å². The number of carbonyl (C=O) groups is 1. The number of nitrogens with zero attached hydrogens (tertiary/aromatic N) is 1. The molecule has 1 aliphatic rings. The van der Waals surface area contributed by atoms with Gasteiger partial charge in [-0.1, -0.05) is 12.1 Å². The van der Waals surface area contributed by atoms with E-state index in [1.165, 1.54) is 0 Å². The third kappa shape index (κ3) is 5.00. The minimum absolute atomic E-state index is 0.0650. The second-order valence-electron chi connectivity index (χ2n) is 5.78. The van der Waals surface area contributed by atoms with Crippen molar-refractivity contribution in [1.29, 1.82) is 0 Å². The van der Waals surface area contributed by atoms with Crippen molar-refractivity contribution in [3.8, 4) is 5.75 Å². The molecule has 0 spiro atoms. The van der Waals surface area contributed by atoms with E-state index in [1.807, 2.05) is 38.1 Å². The van der Waals surface area contributed by atoms with E-state index in [2.05, 4.69) is 4.90 Å². The number of hydrogen-bond donors (Lipinski definition) is 1. The van der Waals surface area contributed by atoms with Gasteiger partial charge < -0.3 is 14.6 Å². The van der Waals surface area contributed by atoms with E-state index in [9.17, 15) is 9.90 Å². The quantitative estimate of drug-likeness (QED) is 0.776. The summed E-state index contributed by atoms with van der Waals surface area (Å²) in [5.41, 5.74) is 1.13. The topological polar surface area (TPSA) is 59.0 Å². The zero-order valence-electron chi connectivity index (χ0n) is 13.3. The summed E-state index contributed by atoms with van der Waals surface area (Å²) in [7, 11) is 0. The predicted octanol–water partition coefficient (Wildman–Crippen LogP) is 1.62. The lowest BCUT2D eigenvalue weighted by molar-refractivity contribution is -0.147. The smallest absolute Gasteiger partial charge is 0.310 e. The Kier molecular flexibility index (Phi) is 6.21. The van der Waals surface area contributed by atoms with Gasteiger partial charge in [0.1, 0.15) is 18.5 Å². The molecule has 22 heavy (non-hydrogen) atoms. The molecule has 1 aliphatic heterocycles. The Hall–Kier alpha value is -1.59. The molecule has 0 radical (unpaired) electrons. The van der Waals surface area contributed by atoms with E-state index >= 15 is 0 Å². The molecule has 0 saturated carbocycles. The van der Waals surface area contributed by atoms with Crippen molar-refractivity contribution in [2.24, 2.45) is 5.92 Å². The first kappa shape index (κ1) is 16.8. The zero-order valence-corrected chi connectivity index (χ0v) is 13.3. The Morgan fingerprint density at radius 1 is 1.50 bits per heavy atom. The van der Waals surface area contributed by atoms with Crippen molar-refractivity contribution < 1.29 is 19.4 Å². The van der Waals surface area contributed by atoms with Crippen LogP contribution in [0.2, 0.25) is 0 Å². The lowest BCUT2D eigenvalue weighted by Crippen LogP contribution is -2.35. The summed E-state index contributed by atoms with van der Waals surface area (Å²) in [5, 5.41) is 10.1. The summed E-state index contributed by atoms with van der Waals surface area (Å²) >= 11 is 0. The Labute approximate surface area is 131 Å². The van der Waals surface area contributed by atoms with E-state index < -0.39 is 6.10 Å². The number of aryl methyl sites for hydroxylation is 1. The molecule has 1 heterocycles. The van der Waals surface area contributed by atoms with Gasteiger partial charge in [0, 0.05) is 13.1 Å². The van der Waals surface area contributed by atoms with Gasteiger partial charge in [-0.15, -0.1) is 0 Å². The highest BCUT2D eigenvalue weighted by molar-refractivity contribution is 5.73. The monoisotopic (exact) mass is 307 g/mol. The number of aliphatic hydroxyl groups is 1. The maximum atomic E-state index is 11.7. The second kappa shape index (κ2) is 8.15. The number of hydrogen-bond acceptors (Lipinski definition) is 5. The minimum Gasteiger partial charge on any atom is -0.491 e. The fourth-order valence-electron chi connectivity index (χ4n) is 2.70. The number of β-amino-alcohol motifs (C(OH)–C–C–N with tert-alkyl or cyclic N) is 1. The second-order valence-corrected chi connectivity index (χ2v) is 5.78. The SMILES string of the molecule is CCOC(=O)C1CCN(CC(O)COc2cccc(C)c2)C1. The predicted molar refractivity (Wildman–Crippen MR) is 83.9 cm³/mol. The maximum Gasteiger partial charge on any atom is 0.310 e. The van der Waals surface area contributed by atoms with Crippen LogP contribution in [0.15, 0.2) is 24.3 Å². The number of carbonyl (C=O) groups excluding carboxylic acids is 1. The molecule has 2 atom stereocenters. The highest BCUT2D eigenvalue weighted by Gasteiger charge is 2.30. The summed E-state index contributed by atoms with van der Waals surface area (Å²) in [6.07, 6.45) is 0.228. The molecule has 0 bridgehead atoms. The van der Waals surface area contributed by atoms with Crippen molar-refractivity contribution in [2.75, 3.05) is 32.8 Å². The molecule has 1 saturated heterocycles. The van der Waals surface area contributed by atoms with Gasteiger partial charge in [-0.05, 0) is 44.5 Å². The molecule has 5 heteroatoms. The summed E-state index contributed by atoms with van der Waals surface area (Å²) in [6.45, 7) is 6.47. The third-order valence-corrected chi connectivity index (χ3v) is 3.79. The molecule has 1 fully saturated rings. The standard InChI is InChI=1S/C17H25NO4/c1-3-21-17(20)14-7-8-18(10-14)11-15(19)12-22-16-6-4-5-13(2)9-16/h4-6,9,14-15,19H,3,7-8,10-12H2,1-2H3. The number of benzene rings is 1. The Bertz CT molecular complexity index is 491. The third-order valence-electron chi connectivity index (χ3n) is 3.79. The van der Waals surface area contributed by atoms with Crippen LogP contribution >= 0.6 is 0 Å². The highest BCUT2D eigenvalue weighted by Crippen LogP contribution is 2.18. The molecular weight excluding hydrogens is 282 g/mol. The van der Waals surface area contributed by atoms with Crippen molar-refractivity contribution in [3.63, 3.8) is 0 Å². The summed E-state index contributed by atoms with van der Waals surface area (Å²) in [5.74, 6) is 0.574. The number of esters is 1. The summed E-state index contributed by atoms with van der Waals surface area (Å²) in [4.78, 5) is 13.8. The van der Waals surface area contributed by atoms with Gasteiger partial charge in [-0.25, -0.2) is 0 Å². The normalized spacial score (nSPS) is 19.9. The Morgan fingerprint density at radius 2 is 2.32 bits per heavy atom. The van der Waals surface area contributed by atoms with Crippen LogP contribution in [-0.2, 0) is 9.53 Å². The molecule has 0 aromatic heterocycles. The molecule has 1 aromatic rings. The molecule has 0 aliphatic carbocycles. The largest absolute Gasteiger partial charge is 0.491 e. The van der Waals surface area contributed by atoms with Crippen LogP contribution in [0, 0.1) is 12.8 Å². The average Bonchev–Trinajstić information content (AvgIpc) is 2.94. The first-order valence-corrected chi connectivity index (χ1v) is 7.85. The van der Waals surface area contributed by atoms with Crippen molar-refractivity contribution in [2.45, 2.75) is 26.4 Å². The highest BCUT2D eigenvalue weighted by atomic mass is 16.5. The van der Waals surface area contributed by atoms with Gasteiger partial charge >= 0.3 is 5.97 Å². The van der Waals surface area contributed by atoms with Crippen LogP contribution in [0.4, 0.5) is 0 Å². The van der Waals surface area contributed by atoms with Crippen LogP contribution in [0.1, 0.15) is 18.9 Å². The Morgan fingerprint density at radius 3 is 3.05 bits per heavy atom. The van der Waals surface area contributed by atoms with Gasteiger partial charge in [0.15, 0.2) is 0 Å². The van der Waals surface area contributed by atoms with Gasteiger partial charge in [0.05, 0.1) is 12.5 Å². The molecule has 0 amide bonds. The first-order chi connectivity index (χ1) is 10.6. The zero-order chi connectivity index (χ0) is 15.9. The van der Waals surface area contributed by atoms with E-state index in [1.54, 1.807) is 0 Å². The molecule has 2 unspecified atom stereocenters. The number of aliphatic hydroxyl groups excluding tert-OH is 1. The average molecular weight is 307 g/mol. The molecule has 5 nitrogen and oxygen atoms in total. The van der Waals surface area contributed by atoms with E-state index in [-0.39, 0.29) is 18.5 Å². The summed E-state index contributed by atoms with van der Waals surface area (Å²) in [6, 6.07) is 7.76. The van der Waals surface area contributed by atoms with Crippen LogP contribution < -0.4 is 4.74 Å². The minimum atomic E-state index is -0.568. The molecule has 1 aromatic carbocycles. The fraction of sp³-hybridized carbons (Fsp3) is 0.588. The Balaban J connectivity index is 1.71. The summed E-state index contributed by atoms with van der Waals surface area (Å²) < 4.78 is 10.6.